The monoisotopic (exact) mass is 300 g/mol. The third-order valence-corrected chi connectivity index (χ3v) is 3.75. The number of amides is 2. The van der Waals surface area contributed by atoms with Crippen molar-refractivity contribution in [3.8, 4) is 0 Å². The van der Waals surface area contributed by atoms with E-state index in [1.165, 1.54) is 35.0 Å². The highest BCUT2D eigenvalue weighted by atomic mass is 16.4. The Bertz CT molecular complexity index is 868. The zero-order valence-corrected chi connectivity index (χ0v) is 11.4. The Hall–Kier alpha value is -2.96. The van der Waals surface area contributed by atoms with E-state index >= 15 is 0 Å². The normalized spacial score (nSPS) is 18.3. The van der Waals surface area contributed by atoms with Crippen molar-refractivity contribution < 1.29 is 19.5 Å². The van der Waals surface area contributed by atoms with Gasteiger partial charge in [-0.15, -0.1) is 0 Å². The van der Waals surface area contributed by atoms with Crippen LogP contribution in [0.4, 0.5) is 0 Å². The van der Waals surface area contributed by atoms with Crippen LogP contribution in [0.2, 0.25) is 0 Å². The number of carbonyl (C=O) groups excluding carboxylic acids is 2. The first-order valence-electron chi connectivity index (χ1n) is 6.70. The predicted octanol–water partition coefficient (Wildman–Crippen LogP) is 0.677. The van der Waals surface area contributed by atoms with Gasteiger partial charge in [-0.25, -0.2) is 4.79 Å². The van der Waals surface area contributed by atoms with Crippen molar-refractivity contribution in [2.45, 2.75) is 18.9 Å². The number of carbonyl (C=O) groups is 3. The van der Waals surface area contributed by atoms with Crippen LogP contribution in [0.25, 0.3) is 10.8 Å². The molecule has 1 aromatic heterocycles. The number of nitrogens with one attached hydrogen (secondary N) is 1. The number of fused-ring (bicyclic) bond motifs is 1. The number of carboxylic acid groups (broad SMARTS) is 1. The number of imide groups is 1. The number of nitrogens with zero attached hydrogens (tertiary/aromatic N) is 1. The Labute approximate surface area is 124 Å². The molecule has 0 spiro atoms. The first-order valence-corrected chi connectivity index (χ1v) is 6.70. The molecule has 0 bridgehead atoms. The number of carboxylic acids is 1. The fourth-order valence-corrected chi connectivity index (χ4v) is 2.67. The van der Waals surface area contributed by atoms with E-state index in [4.69, 9.17) is 5.11 Å². The van der Waals surface area contributed by atoms with Gasteiger partial charge in [0.2, 0.25) is 11.8 Å². The highest BCUT2D eigenvalue weighted by Crippen LogP contribution is 2.20. The molecule has 1 aliphatic heterocycles. The standard InChI is InChI=1S/C15H12N2O5/c18-12-5-4-11(13(19)16-12)17-7-6-8-9(14(17)20)2-1-3-10(8)15(21)22/h1-3,6-7,11H,4-5H2,(H,21,22)(H,16,18,19). The maximum absolute atomic E-state index is 12.5. The Morgan fingerprint density at radius 3 is 2.64 bits per heavy atom. The van der Waals surface area contributed by atoms with Crippen LogP contribution in [0.15, 0.2) is 35.3 Å². The van der Waals surface area contributed by atoms with E-state index in [1.54, 1.807) is 0 Å². The second-order valence-electron chi connectivity index (χ2n) is 5.07. The SMILES string of the molecule is O=C1CCC(n2ccc3c(C(=O)O)cccc3c2=O)C(=O)N1. The Kier molecular flexibility index (Phi) is 3.25. The fraction of sp³-hybridized carbons (Fsp3) is 0.200. The molecule has 0 radical (unpaired) electrons. The minimum atomic E-state index is -1.12. The predicted molar refractivity (Wildman–Crippen MR) is 76.6 cm³/mol. The van der Waals surface area contributed by atoms with Crippen molar-refractivity contribution in [3.05, 3.63) is 46.4 Å². The third kappa shape index (κ3) is 2.16. The van der Waals surface area contributed by atoms with Gasteiger partial charge in [0.1, 0.15) is 6.04 Å². The molecule has 22 heavy (non-hydrogen) atoms. The minimum Gasteiger partial charge on any atom is -0.478 e. The van der Waals surface area contributed by atoms with Gasteiger partial charge in [-0.1, -0.05) is 6.07 Å². The van der Waals surface area contributed by atoms with Crippen LogP contribution in [0.5, 0.6) is 0 Å². The lowest BCUT2D eigenvalue weighted by Gasteiger charge is -2.23. The lowest BCUT2D eigenvalue weighted by molar-refractivity contribution is -0.135. The van der Waals surface area contributed by atoms with Crippen LogP contribution in [0, 0.1) is 0 Å². The summed E-state index contributed by atoms with van der Waals surface area (Å²) in [5.41, 5.74) is -0.417. The van der Waals surface area contributed by atoms with Crippen molar-refractivity contribution in [2.75, 3.05) is 0 Å². The zero-order chi connectivity index (χ0) is 15.9. The molecule has 0 aliphatic carbocycles. The molecule has 2 N–H and O–H groups in total. The van der Waals surface area contributed by atoms with E-state index in [0.29, 0.717) is 5.39 Å². The van der Waals surface area contributed by atoms with E-state index < -0.39 is 23.5 Å². The van der Waals surface area contributed by atoms with Crippen LogP contribution < -0.4 is 10.9 Å². The molecule has 3 rings (SSSR count). The highest BCUT2D eigenvalue weighted by molar-refractivity contribution is 6.03. The number of piperidine rings is 1. The highest BCUT2D eigenvalue weighted by Gasteiger charge is 2.29. The Morgan fingerprint density at radius 1 is 1.18 bits per heavy atom. The third-order valence-electron chi connectivity index (χ3n) is 3.75. The number of rotatable bonds is 2. The van der Waals surface area contributed by atoms with Crippen molar-refractivity contribution >= 4 is 28.6 Å². The van der Waals surface area contributed by atoms with Gasteiger partial charge in [0, 0.05) is 23.4 Å². The van der Waals surface area contributed by atoms with Gasteiger partial charge in [-0.05, 0) is 24.6 Å². The smallest absolute Gasteiger partial charge is 0.336 e. The second kappa shape index (κ2) is 5.10. The maximum Gasteiger partial charge on any atom is 0.336 e. The fourth-order valence-electron chi connectivity index (χ4n) is 2.67. The van der Waals surface area contributed by atoms with Gasteiger partial charge >= 0.3 is 5.97 Å². The number of benzene rings is 1. The van der Waals surface area contributed by atoms with Crippen LogP contribution >= 0.6 is 0 Å². The average molecular weight is 300 g/mol. The van der Waals surface area contributed by atoms with Crippen molar-refractivity contribution in [2.24, 2.45) is 0 Å². The molecule has 2 amide bonds. The summed E-state index contributed by atoms with van der Waals surface area (Å²) >= 11 is 0. The van der Waals surface area contributed by atoms with Gasteiger partial charge in [-0.2, -0.15) is 0 Å². The largest absolute Gasteiger partial charge is 0.478 e. The van der Waals surface area contributed by atoms with E-state index in [2.05, 4.69) is 5.32 Å². The lowest BCUT2D eigenvalue weighted by Crippen LogP contribution is -2.44. The van der Waals surface area contributed by atoms with E-state index in [9.17, 15) is 19.2 Å². The first-order chi connectivity index (χ1) is 10.5. The van der Waals surface area contributed by atoms with E-state index in [-0.39, 0.29) is 29.7 Å². The molecule has 1 fully saturated rings. The number of aromatic carboxylic acids is 1. The molecule has 1 saturated heterocycles. The first kappa shape index (κ1) is 14.0. The quantitative estimate of drug-likeness (QED) is 0.793. The summed E-state index contributed by atoms with van der Waals surface area (Å²) in [6, 6.07) is 5.17. The molecule has 1 atom stereocenters. The number of hydrogen-bond acceptors (Lipinski definition) is 4. The number of aromatic nitrogens is 1. The van der Waals surface area contributed by atoms with Crippen molar-refractivity contribution in [1.29, 1.82) is 0 Å². The molecule has 2 aromatic rings. The molecule has 112 valence electrons. The van der Waals surface area contributed by atoms with Crippen LogP contribution in [0.3, 0.4) is 0 Å². The molecular weight excluding hydrogens is 288 g/mol. The molecule has 7 nitrogen and oxygen atoms in total. The molecule has 1 aliphatic rings. The van der Waals surface area contributed by atoms with Gasteiger partial charge in [0.15, 0.2) is 0 Å². The number of hydrogen-bond donors (Lipinski definition) is 2. The zero-order valence-electron chi connectivity index (χ0n) is 11.4. The topological polar surface area (TPSA) is 105 Å². The molecule has 1 aromatic carbocycles. The average Bonchev–Trinajstić information content (AvgIpc) is 2.48. The van der Waals surface area contributed by atoms with Gasteiger partial charge < -0.3 is 9.67 Å². The lowest BCUT2D eigenvalue weighted by atomic mass is 10.0. The summed E-state index contributed by atoms with van der Waals surface area (Å²) < 4.78 is 1.25. The minimum absolute atomic E-state index is 0.0324. The Balaban J connectivity index is 2.16. The summed E-state index contributed by atoms with van der Waals surface area (Å²) in [5.74, 6) is -2.00. The summed E-state index contributed by atoms with van der Waals surface area (Å²) in [4.78, 5) is 46.8. The summed E-state index contributed by atoms with van der Waals surface area (Å²) in [5, 5.41) is 11.9. The summed E-state index contributed by atoms with van der Waals surface area (Å²) in [7, 11) is 0. The van der Waals surface area contributed by atoms with Crippen LogP contribution in [-0.2, 0) is 9.59 Å². The molecule has 7 heteroatoms. The van der Waals surface area contributed by atoms with Gasteiger partial charge in [0.25, 0.3) is 5.56 Å². The van der Waals surface area contributed by atoms with E-state index in [1.807, 2.05) is 0 Å². The van der Waals surface area contributed by atoms with Gasteiger partial charge in [-0.3, -0.25) is 19.7 Å². The molecule has 2 heterocycles. The second-order valence-corrected chi connectivity index (χ2v) is 5.07. The molecule has 0 saturated carbocycles. The van der Waals surface area contributed by atoms with Crippen molar-refractivity contribution in [1.82, 2.24) is 9.88 Å². The summed E-state index contributed by atoms with van der Waals surface area (Å²) in [6.45, 7) is 0. The maximum atomic E-state index is 12.5. The van der Waals surface area contributed by atoms with Crippen LogP contribution in [0.1, 0.15) is 29.2 Å². The molecular formula is C15H12N2O5. The number of pyridine rings is 1. The van der Waals surface area contributed by atoms with Crippen molar-refractivity contribution in [3.63, 3.8) is 0 Å². The Morgan fingerprint density at radius 2 is 1.95 bits per heavy atom. The van der Waals surface area contributed by atoms with Gasteiger partial charge in [0.05, 0.1) is 5.56 Å². The molecule has 1 unspecified atom stereocenters. The van der Waals surface area contributed by atoms with E-state index in [0.717, 1.165) is 0 Å². The summed E-state index contributed by atoms with van der Waals surface area (Å²) in [6.07, 6.45) is 1.81. The van der Waals surface area contributed by atoms with Crippen LogP contribution in [-0.4, -0.2) is 27.5 Å².